The average Bonchev–Trinajstić information content (AvgIpc) is 3.49. The topological polar surface area (TPSA) is 16.4 Å². The van der Waals surface area contributed by atoms with Crippen LogP contribution in [0.1, 0.15) is 29.5 Å². The Hall–Kier alpha value is -7.34. The number of rotatable bonds is 6. The molecule has 1 aromatic heterocycles. The molecule has 0 amide bonds. The molecule has 0 saturated heterocycles. The summed E-state index contributed by atoms with van der Waals surface area (Å²) in [5.41, 5.74) is 14.9. The smallest absolute Gasteiger partial charge is 0.143 e. The molecule has 57 heavy (non-hydrogen) atoms. The molecule has 8 aromatic carbocycles. The Kier molecular flexibility index (Phi) is 7.97. The molecular formula is C55H37NO. The van der Waals surface area contributed by atoms with Crippen LogP contribution in [0.3, 0.4) is 0 Å². The van der Waals surface area contributed by atoms with Crippen LogP contribution in [-0.4, -0.2) is 0 Å². The Balaban J connectivity index is 1.21. The van der Waals surface area contributed by atoms with E-state index in [1.165, 1.54) is 44.2 Å². The highest BCUT2D eigenvalue weighted by Crippen LogP contribution is 2.48. The van der Waals surface area contributed by atoms with Gasteiger partial charge in [-0.15, -0.1) is 0 Å². The number of anilines is 2. The second kappa shape index (κ2) is 13.7. The minimum atomic E-state index is 0.566. The predicted octanol–water partition coefficient (Wildman–Crippen LogP) is 14.7. The molecule has 0 radical (unpaired) electrons. The molecular weight excluding hydrogens is 691 g/mol. The van der Waals surface area contributed by atoms with E-state index < -0.39 is 0 Å². The molecule has 268 valence electrons. The van der Waals surface area contributed by atoms with E-state index >= 15 is 0 Å². The number of nitrogens with zero attached hydrogens (tertiary/aromatic N) is 1. The van der Waals surface area contributed by atoms with Gasteiger partial charge >= 0.3 is 0 Å². The van der Waals surface area contributed by atoms with Crippen molar-refractivity contribution >= 4 is 66.5 Å². The lowest BCUT2D eigenvalue weighted by Crippen LogP contribution is -2.18. The van der Waals surface area contributed by atoms with Gasteiger partial charge in [-0.05, 0) is 99.0 Å². The van der Waals surface area contributed by atoms with E-state index in [1.807, 2.05) is 6.07 Å². The quantitative estimate of drug-likeness (QED) is 0.159. The van der Waals surface area contributed by atoms with Crippen LogP contribution >= 0.6 is 0 Å². The number of hydrogen-bond donors (Lipinski definition) is 0. The van der Waals surface area contributed by atoms with Gasteiger partial charge in [-0.3, -0.25) is 0 Å². The summed E-state index contributed by atoms with van der Waals surface area (Å²) in [6, 6.07) is 59.0. The van der Waals surface area contributed by atoms with E-state index in [1.54, 1.807) is 0 Å². The molecule has 9 aromatic rings. The van der Waals surface area contributed by atoms with Crippen molar-refractivity contribution in [3.8, 4) is 34.1 Å². The highest BCUT2D eigenvalue weighted by molar-refractivity contribution is 6.20. The number of furan rings is 1. The van der Waals surface area contributed by atoms with E-state index in [4.69, 9.17) is 4.42 Å². The molecule has 11 rings (SSSR count). The van der Waals surface area contributed by atoms with E-state index in [-0.39, 0.29) is 0 Å². The lowest BCUT2D eigenvalue weighted by atomic mass is 9.86. The summed E-state index contributed by atoms with van der Waals surface area (Å²) in [5.74, 6) is 7.00. The minimum absolute atomic E-state index is 0.566. The zero-order valence-corrected chi connectivity index (χ0v) is 31.4. The Bertz CT molecular complexity index is 3220. The SMILES string of the molecule is C1#CCC(N(c2ccccc2-c2cc3c(c4ccccc24)C=CCC3)c2cc3c4ccccc4oc3c3ccccc23)=CC(c2ccccc2-c2ccccc2)=C1. The van der Waals surface area contributed by atoms with Crippen LogP contribution in [0.5, 0.6) is 0 Å². The largest absolute Gasteiger partial charge is 0.455 e. The normalized spacial score (nSPS) is 13.5. The van der Waals surface area contributed by atoms with Gasteiger partial charge in [0, 0.05) is 32.8 Å². The summed E-state index contributed by atoms with van der Waals surface area (Å²) in [7, 11) is 0. The molecule has 0 bridgehead atoms. The Labute approximate surface area is 332 Å². The fourth-order valence-corrected chi connectivity index (χ4v) is 9.02. The van der Waals surface area contributed by atoms with E-state index in [2.05, 4.69) is 199 Å². The first-order chi connectivity index (χ1) is 28.3. The zero-order chi connectivity index (χ0) is 37.7. The summed E-state index contributed by atoms with van der Waals surface area (Å²) >= 11 is 0. The third-order valence-electron chi connectivity index (χ3n) is 11.6. The van der Waals surface area contributed by atoms with Crippen LogP contribution < -0.4 is 4.90 Å². The Morgan fingerprint density at radius 1 is 0.526 bits per heavy atom. The van der Waals surface area contributed by atoms with Gasteiger partial charge in [0.1, 0.15) is 11.2 Å². The molecule has 2 aliphatic carbocycles. The number of allylic oxidation sites excluding steroid dienone is 5. The van der Waals surface area contributed by atoms with Crippen molar-refractivity contribution in [1.82, 2.24) is 0 Å². The lowest BCUT2D eigenvalue weighted by molar-refractivity contribution is 0.672. The van der Waals surface area contributed by atoms with Crippen LogP contribution in [0, 0.1) is 11.8 Å². The molecule has 0 saturated carbocycles. The van der Waals surface area contributed by atoms with Crippen LogP contribution in [0.25, 0.3) is 77.4 Å². The predicted molar refractivity (Wildman–Crippen MR) is 240 cm³/mol. The van der Waals surface area contributed by atoms with Crippen molar-refractivity contribution in [2.45, 2.75) is 19.3 Å². The van der Waals surface area contributed by atoms with Crippen molar-refractivity contribution < 1.29 is 4.42 Å². The Morgan fingerprint density at radius 3 is 2.07 bits per heavy atom. The zero-order valence-electron chi connectivity index (χ0n) is 31.4. The molecule has 2 aliphatic rings. The van der Waals surface area contributed by atoms with Gasteiger partial charge in [0.15, 0.2) is 0 Å². The number of benzene rings is 8. The summed E-state index contributed by atoms with van der Waals surface area (Å²) < 4.78 is 6.63. The van der Waals surface area contributed by atoms with Gasteiger partial charge in [0.25, 0.3) is 0 Å². The van der Waals surface area contributed by atoms with Gasteiger partial charge in [-0.1, -0.05) is 164 Å². The second-order valence-corrected chi connectivity index (χ2v) is 14.9. The maximum atomic E-state index is 6.63. The molecule has 0 aliphatic heterocycles. The monoisotopic (exact) mass is 727 g/mol. The van der Waals surface area contributed by atoms with Crippen LogP contribution in [0.4, 0.5) is 11.4 Å². The van der Waals surface area contributed by atoms with Crippen molar-refractivity contribution in [3.05, 3.63) is 204 Å². The molecule has 0 N–H and O–H groups in total. The molecule has 1 heterocycles. The molecule has 0 unspecified atom stereocenters. The van der Waals surface area contributed by atoms with Gasteiger partial charge in [0.05, 0.1) is 17.8 Å². The maximum Gasteiger partial charge on any atom is 0.143 e. The summed E-state index contributed by atoms with van der Waals surface area (Å²) in [6.07, 6.45) is 11.7. The standard InChI is InChI=1S/C55H37NO/c1-2-18-37(19-3-1)41-23-8-9-24-42(41)38-20-4-6-22-40(34-38)56(53-36-51-48-30-15-17-33-54(48)57-55(51)49-31-13-12-28-46(49)53)52-32-16-14-29-47(52)50-35-39-21-5-7-25-43(39)44-26-10-11-27-45(44)50/h1-3,7-20,23-36H,5,21-22H2. The number of para-hydroxylation sites is 2. The highest BCUT2D eigenvalue weighted by atomic mass is 16.3. The highest BCUT2D eigenvalue weighted by Gasteiger charge is 2.26. The summed E-state index contributed by atoms with van der Waals surface area (Å²) in [4.78, 5) is 2.49. The minimum Gasteiger partial charge on any atom is -0.455 e. The van der Waals surface area contributed by atoms with E-state index in [0.717, 1.165) is 73.8 Å². The molecule has 0 fully saturated rings. The van der Waals surface area contributed by atoms with Gasteiger partial charge in [0.2, 0.25) is 0 Å². The summed E-state index contributed by atoms with van der Waals surface area (Å²) in [6.45, 7) is 0. The molecule has 2 nitrogen and oxygen atoms in total. The average molecular weight is 728 g/mol. The maximum absolute atomic E-state index is 6.63. The second-order valence-electron chi connectivity index (χ2n) is 14.9. The lowest BCUT2D eigenvalue weighted by Gasteiger charge is -2.31. The van der Waals surface area contributed by atoms with Crippen LogP contribution in [0.2, 0.25) is 0 Å². The number of fused-ring (bicyclic) bond motifs is 8. The fourth-order valence-electron chi connectivity index (χ4n) is 9.02. The third-order valence-corrected chi connectivity index (χ3v) is 11.6. The summed E-state index contributed by atoms with van der Waals surface area (Å²) in [5, 5.41) is 6.95. The number of aryl methyl sites for hydroxylation is 1. The van der Waals surface area contributed by atoms with Crippen LogP contribution in [-0.2, 0) is 6.42 Å². The first-order valence-corrected chi connectivity index (χ1v) is 19.8. The van der Waals surface area contributed by atoms with E-state index in [9.17, 15) is 0 Å². The van der Waals surface area contributed by atoms with E-state index in [0.29, 0.717) is 6.42 Å². The third kappa shape index (κ3) is 5.59. The van der Waals surface area contributed by atoms with Crippen molar-refractivity contribution in [3.63, 3.8) is 0 Å². The molecule has 0 spiro atoms. The number of hydrogen-bond acceptors (Lipinski definition) is 2. The van der Waals surface area contributed by atoms with Gasteiger partial charge in [-0.25, -0.2) is 0 Å². The molecule has 0 atom stereocenters. The molecule has 2 heteroatoms. The first kappa shape index (κ1) is 33.0. The van der Waals surface area contributed by atoms with Crippen molar-refractivity contribution in [1.29, 1.82) is 0 Å². The Morgan fingerprint density at radius 2 is 1.21 bits per heavy atom. The van der Waals surface area contributed by atoms with Crippen molar-refractivity contribution in [2.24, 2.45) is 0 Å². The van der Waals surface area contributed by atoms with Gasteiger partial charge < -0.3 is 9.32 Å². The first-order valence-electron chi connectivity index (χ1n) is 19.8. The van der Waals surface area contributed by atoms with Crippen LogP contribution in [0.15, 0.2) is 192 Å². The van der Waals surface area contributed by atoms with Gasteiger partial charge in [-0.2, -0.15) is 0 Å². The van der Waals surface area contributed by atoms with Crippen molar-refractivity contribution in [2.75, 3.05) is 4.90 Å². The fraction of sp³-hybridized carbons (Fsp3) is 0.0545.